The average molecular weight is 331 g/mol. The maximum atomic E-state index is 11.8. The predicted molar refractivity (Wildman–Crippen MR) is 94.2 cm³/mol. The largest absolute Gasteiger partial charge is 0.325 e. The summed E-state index contributed by atoms with van der Waals surface area (Å²) in [5.74, 6) is 1.12. The van der Waals surface area contributed by atoms with Crippen LogP contribution in [0.1, 0.15) is 20.3 Å². The van der Waals surface area contributed by atoms with Crippen molar-refractivity contribution in [3.63, 3.8) is 0 Å². The van der Waals surface area contributed by atoms with Crippen LogP contribution in [0.2, 0.25) is 0 Å². The van der Waals surface area contributed by atoms with Crippen molar-refractivity contribution in [2.75, 3.05) is 5.32 Å². The molecule has 0 bridgehead atoms. The smallest absolute Gasteiger partial charge is 0.224 e. The summed E-state index contributed by atoms with van der Waals surface area (Å²) in [6.45, 7) is 4.04. The van der Waals surface area contributed by atoms with Gasteiger partial charge in [0.15, 0.2) is 0 Å². The molecule has 2 heterocycles. The van der Waals surface area contributed by atoms with Gasteiger partial charge in [-0.25, -0.2) is 9.97 Å². The fourth-order valence-electron chi connectivity index (χ4n) is 2.33. The van der Waals surface area contributed by atoms with Gasteiger partial charge in [0.2, 0.25) is 5.91 Å². The summed E-state index contributed by atoms with van der Waals surface area (Å²) >= 11 is 0. The number of imidazole rings is 1. The Hall–Kier alpha value is -2.40. The predicted octanol–water partition coefficient (Wildman–Crippen LogP) is 3.83. The summed E-state index contributed by atoms with van der Waals surface area (Å²) in [6.07, 6.45) is 3.93. The second-order valence-corrected chi connectivity index (χ2v) is 5.65. The van der Waals surface area contributed by atoms with E-state index in [1.807, 2.05) is 54.8 Å². The Bertz CT molecular complexity index is 796. The van der Waals surface area contributed by atoms with Crippen molar-refractivity contribution in [3.05, 3.63) is 48.9 Å². The number of anilines is 1. The van der Waals surface area contributed by atoms with E-state index in [-0.39, 0.29) is 18.3 Å². The lowest BCUT2D eigenvalue weighted by atomic mass is 10.1. The van der Waals surface area contributed by atoms with Crippen molar-refractivity contribution < 1.29 is 4.79 Å². The molecular weight excluding hydrogens is 312 g/mol. The number of nitrogens with one attached hydrogen (secondary N) is 1. The molecule has 0 fully saturated rings. The molecule has 5 nitrogen and oxygen atoms in total. The highest BCUT2D eigenvalue weighted by Crippen LogP contribution is 2.17. The summed E-state index contributed by atoms with van der Waals surface area (Å²) in [5, 5.41) is 2.86. The summed E-state index contributed by atoms with van der Waals surface area (Å²) < 4.78 is 1.93. The number of halogens is 1. The lowest BCUT2D eigenvalue weighted by Gasteiger charge is -2.08. The maximum absolute atomic E-state index is 11.8. The van der Waals surface area contributed by atoms with Crippen molar-refractivity contribution in [2.45, 2.75) is 20.3 Å². The van der Waals surface area contributed by atoms with Crippen molar-refractivity contribution in [3.8, 4) is 5.82 Å². The molecule has 1 N–H and O–H groups in total. The quantitative estimate of drug-likeness (QED) is 0.791. The molecule has 0 aliphatic heterocycles. The van der Waals surface area contributed by atoms with Gasteiger partial charge in [0.25, 0.3) is 0 Å². The van der Waals surface area contributed by atoms with E-state index in [9.17, 15) is 4.79 Å². The van der Waals surface area contributed by atoms with Crippen LogP contribution in [-0.2, 0) is 4.79 Å². The first kappa shape index (κ1) is 17.0. The molecule has 120 valence electrons. The minimum atomic E-state index is 0. The first-order valence-corrected chi connectivity index (χ1v) is 7.32. The molecule has 0 unspecified atom stereocenters. The molecule has 0 radical (unpaired) electrons. The standard InChI is InChI=1S/C17H18N4O.ClH/c1-12(2)9-17(22)20-13-7-8-16(18-10-13)21-11-19-14-5-3-4-6-15(14)21;/h3-8,10-12H,9H2,1-2H3,(H,20,22);1H. The highest BCUT2D eigenvalue weighted by atomic mass is 35.5. The highest BCUT2D eigenvalue weighted by molar-refractivity contribution is 5.90. The number of nitrogens with zero attached hydrogens (tertiary/aromatic N) is 3. The first-order valence-electron chi connectivity index (χ1n) is 7.32. The second kappa shape index (κ2) is 7.24. The summed E-state index contributed by atoms with van der Waals surface area (Å²) in [5.41, 5.74) is 2.64. The molecule has 3 aromatic rings. The Balaban J connectivity index is 0.00000192. The number of pyridine rings is 1. The fourth-order valence-corrected chi connectivity index (χ4v) is 2.33. The van der Waals surface area contributed by atoms with Crippen molar-refractivity contribution >= 4 is 35.0 Å². The molecule has 0 aliphatic rings. The molecule has 0 saturated carbocycles. The Morgan fingerprint density at radius 1 is 1.17 bits per heavy atom. The van der Waals surface area contributed by atoms with Gasteiger partial charge in [0, 0.05) is 6.42 Å². The minimum absolute atomic E-state index is 0. The third-order valence-corrected chi connectivity index (χ3v) is 3.33. The van der Waals surface area contributed by atoms with Crippen molar-refractivity contribution in [1.82, 2.24) is 14.5 Å². The van der Waals surface area contributed by atoms with Crippen LogP contribution in [0.15, 0.2) is 48.9 Å². The SMILES string of the molecule is CC(C)CC(=O)Nc1ccc(-n2cnc3ccccc32)nc1.Cl. The zero-order valence-electron chi connectivity index (χ0n) is 13.1. The maximum Gasteiger partial charge on any atom is 0.224 e. The number of carbonyl (C=O) groups excluding carboxylic acids is 1. The van der Waals surface area contributed by atoms with E-state index in [1.54, 1.807) is 12.5 Å². The number of hydrogen-bond donors (Lipinski definition) is 1. The molecule has 23 heavy (non-hydrogen) atoms. The van der Waals surface area contributed by atoms with Crippen LogP contribution in [-0.4, -0.2) is 20.4 Å². The number of para-hydroxylation sites is 2. The molecule has 1 aromatic carbocycles. The lowest BCUT2D eigenvalue weighted by molar-refractivity contribution is -0.116. The number of fused-ring (bicyclic) bond motifs is 1. The van der Waals surface area contributed by atoms with E-state index in [0.29, 0.717) is 18.0 Å². The summed E-state index contributed by atoms with van der Waals surface area (Å²) in [6, 6.07) is 11.6. The van der Waals surface area contributed by atoms with Crippen LogP contribution in [0, 0.1) is 5.92 Å². The van der Waals surface area contributed by atoms with Gasteiger partial charge in [-0.05, 0) is 30.2 Å². The number of aromatic nitrogens is 3. The number of rotatable bonds is 4. The zero-order chi connectivity index (χ0) is 15.5. The van der Waals surface area contributed by atoms with E-state index in [1.165, 1.54) is 0 Å². The fraction of sp³-hybridized carbons (Fsp3) is 0.235. The van der Waals surface area contributed by atoms with Crippen LogP contribution >= 0.6 is 12.4 Å². The van der Waals surface area contributed by atoms with Crippen molar-refractivity contribution in [2.24, 2.45) is 5.92 Å². The van der Waals surface area contributed by atoms with E-state index in [2.05, 4.69) is 15.3 Å². The normalized spacial score (nSPS) is 10.6. The molecule has 0 saturated heterocycles. The Labute approximate surface area is 141 Å². The number of amides is 1. The van der Waals surface area contributed by atoms with E-state index in [0.717, 1.165) is 16.9 Å². The molecule has 0 aliphatic carbocycles. The van der Waals surface area contributed by atoms with E-state index in [4.69, 9.17) is 0 Å². The first-order chi connectivity index (χ1) is 10.6. The van der Waals surface area contributed by atoms with Gasteiger partial charge >= 0.3 is 0 Å². The van der Waals surface area contributed by atoms with Crippen LogP contribution in [0.3, 0.4) is 0 Å². The van der Waals surface area contributed by atoms with Crippen LogP contribution < -0.4 is 5.32 Å². The minimum Gasteiger partial charge on any atom is -0.325 e. The number of benzene rings is 1. The van der Waals surface area contributed by atoms with Gasteiger partial charge in [-0.1, -0.05) is 26.0 Å². The molecule has 0 spiro atoms. The van der Waals surface area contributed by atoms with Crippen LogP contribution in [0.4, 0.5) is 5.69 Å². The molecule has 6 heteroatoms. The zero-order valence-corrected chi connectivity index (χ0v) is 13.9. The molecule has 3 rings (SSSR count). The Morgan fingerprint density at radius 2 is 1.96 bits per heavy atom. The third kappa shape index (κ3) is 3.87. The monoisotopic (exact) mass is 330 g/mol. The Morgan fingerprint density at radius 3 is 2.65 bits per heavy atom. The lowest BCUT2D eigenvalue weighted by Crippen LogP contribution is -2.14. The molecule has 0 atom stereocenters. The van der Waals surface area contributed by atoms with Crippen LogP contribution in [0.5, 0.6) is 0 Å². The number of carbonyl (C=O) groups is 1. The van der Waals surface area contributed by atoms with Gasteiger partial charge in [-0.3, -0.25) is 9.36 Å². The van der Waals surface area contributed by atoms with Gasteiger partial charge < -0.3 is 5.32 Å². The molecular formula is C17H19ClN4O. The van der Waals surface area contributed by atoms with Gasteiger partial charge in [-0.2, -0.15) is 0 Å². The van der Waals surface area contributed by atoms with Crippen LogP contribution in [0.25, 0.3) is 16.9 Å². The van der Waals surface area contributed by atoms with Crippen molar-refractivity contribution in [1.29, 1.82) is 0 Å². The van der Waals surface area contributed by atoms with Gasteiger partial charge in [-0.15, -0.1) is 12.4 Å². The Kier molecular flexibility index (Phi) is 5.34. The summed E-state index contributed by atoms with van der Waals surface area (Å²) in [4.78, 5) is 20.5. The van der Waals surface area contributed by atoms with Gasteiger partial charge in [0.1, 0.15) is 12.1 Å². The number of hydrogen-bond acceptors (Lipinski definition) is 3. The second-order valence-electron chi connectivity index (χ2n) is 5.65. The molecule has 2 aromatic heterocycles. The third-order valence-electron chi connectivity index (χ3n) is 3.33. The van der Waals surface area contributed by atoms with Gasteiger partial charge in [0.05, 0.1) is 22.9 Å². The average Bonchev–Trinajstić information content (AvgIpc) is 2.91. The topological polar surface area (TPSA) is 59.8 Å². The molecule has 1 amide bonds. The summed E-state index contributed by atoms with van der Waals surface area (Å²) in [7, 11) is 0. The highest BCUT2D eigenvalue weighted by Gasteiger charge is 2.07. The van der Waals surface area contributed by atoms with E-state index >= 15 is 0 Å². The van der Waals surface area contributed by atoms with E-state index < -0.39 is 0 Å².